The molecule has 316 valence electrons. The molecule has 0 saturated heterocycles. The van der Waals surface area contributed by atoms with Crippen molar-refractivity contribution >= 4 is 29.6 Å². The minimum absolute atomic E-state index is 0.0107. The van der Waals surface area contributed by atoms with Gasteiger partial charge in [0.25, 0.3) is 11.8 Å². The van der Waals surface area contributed by atoms with Crippen LogP contribution in [-0.2, 0) is 38.3 Å². The van der Waals surface area contributed by atoms with Gasteiger partial charge in [0.15, 0.2) is 0 Å². The number of imide groups is 1. The van der Waals surface area contributed by atoms with Crippen LogP contribution in [0.4, 0.5) is 0 Å². The second kappa shape index (κ2) is 21.2. The van der Waals surface area contributed by atoms with E-state index in [1.165, 1.54) is 18.2 Å². The quantitative estimate of drug-likeness (QED) is 0.0482. The zero-order chi connectivity index (χ0) is 42.5. The topological polar surface area (TPSA) is 156 Å². The number of allylic oxidation sites excluding steroid dienone is 3. The Balaban J connectivity index is 1.93. The fraction of sp³-hybridized carbons (Fsp3) is 0.698. The van der Waals surface area contributed by atoms with E-state index in [-0.39, 0.29) is 84.3 Å². The van der Waals surface area contributed by atoms with E-state index >= 15 is 0 Å². The van der Waals surface area contributed by atoms with Gasteiger partial charge in [-0.2, -0.15) is 0 Å². The Morgan fingerprint density at radius 2 is 1.61 bits per heavy atom. The first-order valence-electron chi connectivity index (χ1n) is 19.8. The molecule has 1 aliphatic carbocycles. The number of rotatable bonds is 21. The molecular formula is C43H71N5O8. The summed E-state index contributed by atoms with van der Waals surface area (Å²) in [6.45, 7) is 26.7. The molecule has 0 fully saturated rings. The van der Waals surface area contributed by atoms with Gasteiger partial charge in [-0.3, -0.25) is 24.1 Å². The molecule has 0 spiro atoms. The van der Waals surface area contributed by atoms with E-state index in [1.54, 1.807) is 6.08 Å². The molecule has 3 N–H and O–H groups in total. The molecule has 0 saturated carbocycles. The van der Waals surface area contributed by atoms with Gasteiger partial charge < -0.3 is 29.8 Å². The van der Waals surface area contributed by atoms with Crippen LogP contribution in [-0.4, -0.2) is 110 Å². The third-order valence-electron chi connectivity index (χ3n) is 9.88. The predicted molar refractivity (Wildman–Crippen MR) is 219 cm³/mol. The van der Waals surface area contributed by atoms with Crippen molar-refractivity contribution in [1.82, 2.24) is 25.9 Å². The van der Waals surface area contributed by atoms with Crippen LogP contribution in [0.15, 0.2) is 48.1 Å². The molecule has 0 bridgehead atoms. The van der Waals surface area contributed by atoms with Gasteiger partial charge in [0.05, 0.1) is 25.4 Å². The summed E-state index contributed by atoms with van der Waals surface area (Å²) in [6, 6.07) is -1.13. The first-order chi connectivity index (χ1) is 25.8. The van der Waals surface area contributed by atoms with Gasteiger partial charge in [-0.15, -0.1) is 0 Å². The molecule has 0 radical (unpaired) electrons. The number of carbonyl (C=O) groups is 5. The smallest absolute Gasteiger partial charge is 0.328 e. The second-order valence-corrected chi connectivity index (χ2v) is 18.9. The second-order valence-electron chi connectivity index (χ2n) is 18.9. The highest BCUT2D eigenvalue weighted by atomic mass is 16.6. The maximum atomic E-state index is 13.8. The van der Waals surface area contributed by atoms with Gasteiger partial charge >= 0.3 is 5.97 Å². The molecule has 0 aromatic rings. The van der Waals surface area contributed by atoms with E-state index in [4.69, 9.17) is 14.3 Å². The van der Waals surface area contributed by atoms with E-state index in [1.807, 2.05) is 39.6 Å². The number of nitrogens with one attached hydrogen (secondary N) is 3. The molecule has 0 aromatic carbocycles. The number of amides is 4. The van der Waals surface area contributed by atoms with E-state index in [9.17, 15) is 24.0 Å². The summed E-state index contributed by atoms with van der Waals surface area (Å²) in [5.41, 5.74) is 2.77. The third-order valence-corrected chi connectivity index (χ3v) is 9.88. The fourth-order valence-electron chi connectivity index (χ4n) is 5.75. The zero-order valence-electron chi connectivity index (χ0n) is 36.4. The lowest BCUT2D eigenvalue weighted by Gasteiger charge is -2.38. The highest BCUT2D eigenvalue weighted by Gasteiger charge is 2.37. The van der Waals surface area contributed by atoms with Gasteiger partial charge in [0, 0.05) is 74.1 Å². The van der Waals surface area contributed by atoms with Crippen molar-refractivity contribution in [3.63, 3.8) is 0 Å². The average molecular weight is 786 g/mol. The summed E-state index contributed by atoms with van der Waals surface area (Å²) in [7, 11) is 1.93. The molecule has 4 amide bonds. The monoisotopic (exact) mass is 786 g/mol. The van der Waals surface area contributed by atoms with Crippen LogP contribution in [0.3, 0.4) is 0 Å². The van der Waals surface area contributed by atoms with Crippen LogP contribution in [0.1, 0.15) is 95.9 Å². The Morgan fingerprint density at radius 3 is 2.16 bits per heavy atom. The molecular weight excluding hydrogens is 714 g/mol. The fourth-order valence-corrected chi connectivity index (χ4v) is 5.75. The molecule has 56 heavy (non-hydrogen) atoms. The lowest BCUT2D eigenvalue weighted by atomic mass is 9.71. The zero-order valence-corrected chi connectivity index (χ0v) is 36.4. The summed E-state index contributed by atoms with van der Waals surface area (Å²) in [5, 5.41) is 6.06. The van der Waals surface area contributed by atoms with Crippen molar-refractivity contribution in [3.8, 4) is 0 Å². The van der Waals surface area contributed by atoms with Gasteiger partial charge in [-0.1, -0.05) is 86.6 Å². The number of ether oxygens (including phenoxy) is 2. The molecule has 1 aliphatic heterocycles. The van der Waals surface area contributed by atoms with Crippen molar-refractivity contribution in [1.29, 1.82) is 0 Å². The molecule has 0 aromatic heterocycles. The number of carbonyl (C=O) groups excluding carboxylic acids is 5. The first-order valence-corrected chi connectivity index (χ1v) is 19.8. The molecule has 1 heterocycles. The van der Waals surface area contributed by atoms with E-state index < -0.39 is 17.9 Å². The van der Waals surface area contributed by atoms with Gasteiger partial charge in [0.2, 0.25) is 11.8 Å². The number of esters is 1. The van der Waals surface area contributed by atoms with Crippen LogP contribution < -0.4 is 16.1 Å². The Hall–Kier alpha value is -3.65. The van der Waals surface area contributed by atoms with E-state index in [0.29, 0.717) is 25.6 Å². The van der Waals surface area contributed by atoms with Crippen LogP contribution in [0.5, 0.6) is 0 Å². The van der Waals surface area contributed by atoms with Crippen molar-refractivity contribution in [3.05, 3.63) is 48.1 Å². The van der Waals surface area contributed by atoms with Crippen molar-refractivity contribution in [2.24, 2.45) is 28.1 Å². The molecule has 4 unspecified atom stereocenters. The molecule has 4 atom stereocenters. The number of nitrogens with zero attached hydrogens (tertiary/aromatic N) is 2. The highest BCUT2D eigenvalue weighted by Crippen LogP contribution is 2.39. The molecule has 2 aliphatic rings. The summed E-state index contributed by atoms with van der Waals surface area (Å²) < 4.78 is 11.5. The number of hydrogen-bond donors (Lipinski definition) is 3. The number of hydrogen-bond acceptors (Lipinski definition) is 10. The van der Waals surface area contributed by atoms with Crippen LogP contribution in [0.25, 0.3) is 0 Å². The Labute approximate surface area is 336 Å². The molecule has 13 nitrogen and oxygen atoms in total. The number of likely N-dealkylation sites (N-methyl/N-ethyl adjacent to an activating group) is 1. The highest BCUT2D eigenvalue weighted by molar-refractivity contribution is 6.12. The van der Waals surface area contributed by atoms with E-state index in [0.717, 1.165) is 16.9 Å². The third kappa shape index (κ3) is 17.2. The summed E-state index contributed by atoms with van der Waals surface area (Å²) in [4.78, 5) is 71.7. The van der Waals surface area contributed by atoms with Gasteiger partial charge in [0.1, 0.15) is 6.04 Å². The first kappa shape index (κ1) is 48.5. The van der Waals surface area contributed by atoms with Crippen molar-refractivity contribution in [2.75, 3.05) is 53.0 Å². The maximum absolute atomic E-state index is 13.8. The van der Waals surface area contributed by atoms with Crippen LogP contribution >= 0.6 is 0 Å². The minimum atomic E-state index is -0.963. The Bertz CT molecular complexity index is 1460. The van der Waals surface area contributed by atoms with Crippen molar-refractivity contribution in [2.45, 2.75) is 114 Å². The molecule has 13 heteroatoms. The Kier molecular flexibility index (Phi) is 18.4. The van der Waals surface area contributed by atoms with Crippen LogP contribution in [0, 0.1) is 28.1 Å². The Morgan fingerprint density at radius 1 is 0.964 bits per heavy atom. The minimum Gasteiger partial charge on any atom is -0.464 e. The SMILES string of the molecule is CC(C(=O)NC(CN(C)C/C=C/C(=O)NC(CCONCCN1C(=O)C=CC1=O)C(=O)OCC(C)(C)C)C(C)(C)C)C(C)(C)C1=CCC(COC(C)(C)C)C=C1. The van der Waals surface area contributed by atoms with Gasteiger partial charge in [-0.25, -0.2) is 10.3 Å². The number of hydroxylamine groups is 1. The maximum Gasteiger partial charge on any atom is 0.328 e. The predicted octanol–water partition coefficient (Wildman–Crippen LogP) is 4.90. The van der Waals surface area contributed by atoms with Crippen molar-refractivity contribution < 1.29 is 38.3 Å². The lowest BCUT2D eigenvalue weighted by Crippen LogP contribution is -2.52. The largest absolute Gasteiger partial charge is 0.464 e. The summed E-state index contributed by atoms with van der Waals surface area (Å²) in [6.07, 6.45) is 13.1. The standard InChI is InChI=1S/C43H71N5O8/c1-30(43(11,12)32-18-16-31(17-19-32)28-55-42(8,9)10)38(52)46-34(41(5,6)7)27-47(13)24-14-15-35(49)45-33(39(53)54-29-40(2,3)4)22-26-56-44-23-25-48-36(50)20-21-37(48)51/h14-16,18-21,30-31,33-34,44H,17,22-29H2,1-13H3,(H,45,49)(H,46,52)/b15-14+. The molecule has 2 rings (SSSR count). The summed E-state index contributed by atoms with van der Waals surface area (Å²) in [5.74, 6) is -1.78. The normalized spacial score (nSPS) is 18.4. The van der Waals surface area contributed by atoms with Gasteiger partial charge in [-0.05, 0) is 50.6 Å². The summed E-state index contributed by atoms with van der Waals surface area (Å²) >= 11 is 0. The lowest BCUT2D eigenvalue weighted by molar-refractivity contribution is -0.151. The van der Waals surface area contributed by atoms with Crippen LogP contribution in [0.2, 0.25) is 0 Å². The van der Waals surface area contributed by atoms with E-state index in [2.05, 4.69) is 89.7 Å². The average Bonchev–Trinajstić information content (AvgIpc) is 3.41.